The quantitative estimate of drug-likeness (QED) is 0.663. The van der Waals surface area contributed by atoms with Crippen molar-refractivity contribution in [1.29, 1.82) is 0 Å². The van der Waals surface area contributed by atoms with Gasteiger partial charge in [0.2, 0.25) is 5.78 Å². The van der Waals surface area contributed by atoms with Crippen LogP contribution in [0.4, 0.5) is 0 Å². The van der Waals surface area contributed by atoms with Crippen LogP contribution < -0.4 is 18.9 Å². The van der Waals surface area contributed by atoms with Crippen LogP contribution in [0.15, 0.2) is 42.2 Å². The number of amides is 1. The molecule has 0 radical (unpaired) electrons. The van der Waals surface area contributed by atoms with E-state index in [4.69, 9.17) is 18.9 Å². The van der Waals surface area contributed by atoms with Gasteiger partial charge in [-0.15, -0.1) is 0 Å². The van der Waals surface area contributed by atoms with Gasteiger partial charge in [-0.1, -0.05) is 0 Å². The number of benzene rings is 2. The van der Waals surface area contributed by atoms with Gasteiger partial charge < -0.3 is 29.0 Å². The van der Waals surface area contributed by atoms with Crippen LogP contribution in [0.5, 0.6) is 23.0 Å². The molecule has 2 aromatic rings. The number of carbonyl (C=O) groups excluding carboxylic acids is 2. The molecule has 0 spiro atoms. The van der Waals surface area contributed by atoms with E-state index in [1.807, 2.05) is 0 Å². The average molecular weight is 439 g/mol. The second kappa shape index (κ2) is 9.32. The first-order chi connectivity index (χ1) is 15.5. The van der Waals surface area contributed by atoms with E-state index in [9.17, 15) is 14.7 Å². The van der Waals surface area contributed by atoms with Crippen LogP contribution in [-0.2, 0) is 4.79 Å². The fraction of sp³-hybridized carbons (Fsp3) is 0.333. The zero-order chi connectivity index (χ0) is 22.7. The Labute approximate surface area is 185 Å². The first kappa shape index (κ1) is 21.7. The first-order valence-corrected chi connectivity index (χ1v) is 10.4. The fourth-order valence-electron chi connectivity index (χ4n) is 3.92. The van der Waals surface area contributed by atoms with Gasteiger partial charge in [0, 0.05) is 24.2 Å². The van der Waals surface area contributed by atoms with Gasteiger partial charge >= 0.3 is 0 Å². The Morgan fingerprint density at radius 2 is 2.00 bits per heavy atom. The summed E-state index contributed by atoms with van der Waals surface area (Å²) in [5.74, 6) is 1.73. The normalized spacial score (nSPS) is 18.5. The van der Waals surface area contributed by atoms with Crippen LogP contribution in [-0.4, -0.2) is 61.7 Å². The molecule has 1 saturated heterocycles. The summed E-state index contributed by atoms with van der Waals surface area (Å²) in [6.45, 7) is 0.432. The smallest absolute Gasteiger partial charge is 0.260 e. The minimum atomic E-state index is -0.247. The molecule has 2 heterocycles. The summed E-state index contributed by atoms with van der Waals surface area (Å²) >= 11 is 0. The van der Waals surface area contributed by atoms with Crippen molar-refractivity contribution in [2.24, 2.45) is 0 Å². The number of fused-ring (bicyclic) bond motifs is 1. The van der Waals surface area contributed by atoms with Crippen molar-refractivity contribution >= 4 is 17.8 Å². The SMILES string of the molecule is COc1ccc(C=C2Oc3cc(OCC(=O)N4CCCC4CO)ccc3C2=O)c(OC)c1. The first-order valence-electron chi connectivity index (χ1n) is 10.4. The topological polar surface area (TPSA) is 94.5 Å². The molecule has 0 aromatic heterocycles. The molecule has 1 atom stereocenters. The van der Waals surface area contributed by atoms with Crippen molar-refractivity contribution < 1.29 is 33.6 Å². The molecule has 2 aliphatic heterocycles. The second-order valence-corrected chi connectivity index (χ2v) is 7.56. The van der Waals surface area contributed by atoms with E-state index in [0.717, 1.165) is 12.8 Å². The number of hydrogen-bond donors (Lipinski definition) is 1. The lowest BCUT2D eigenvalue weighted by atomic mass is 10.1. The van der Waals surface area contributed by atoms with Crippen LogP contribution in [0.3, 0.4) is 0 Å². The molecule has 1 unspecified atom stereocenters. The molecule has 1 N–H and O–H groups in total. The van der Waals surface area contributed by atoms with E-state index in [-0.39, 0.29) is 36.7 Å². The molecule has 0 aliphatic carbocycles. The van der Waals surface area contributed by atoms with Gasteiger partial charge in [0.1, 0.15) is 23.0 Å². The van der Waals surface area contributed by atoms with Crippen LogP contribution in [0.2, 0.25) is 0 Å². The highest BCUT2D eigenvalue weighted by molar-refractivity contribution is 6.14. The van der Waals surface area contributed by atoms with Crippen LogP contribution >= 0.6 is 0 Å². The van der Waals surface area contributed by atoms with E-state index >= 15 is 0 Å². The number of methoxy groups -OCH3 is 2. The van der Waals surface area contributed by atoms with Crippen molar-refractivity contribution in [3.8, 4) is 23.0 Å². The highest BCUT2D eigenvalue weighted by Gasteiger charge is 2.30. The average Bonchev–Trinajstić information content (AvgIpc) is 3.42. The number of rotatable bonds is 7. The minimum absolute atomic E-state index is 0.0470. The number of carbonyl (C=O) groups is 2. The number of nitrogens with zero attached hydrogens (tertiary/aromatic N) is 1. The third kappa shape index (κ3) is 4.27. The van der Waals surface area contributed by atoms with Gasteiger partial charge in [0.05, 0.1) is 32.4 Å². The predicted molar refractivity (Wildman–Crippen MR) is 116 cm³/mol. The highest BCUT2D eigenvalue weighted by atomic mass is 16.5. The highest BCUT2D eigenvalue weighted by Crippen LogP contribution is 2.36. The molecule has 1 fully saturated rings. The lowest BCUT2D eigenvalue weighted by molar-refractivity contribution is -0.134. The van der Waals surface area contributed by atoms with Gasteiger partial charge in [-0.05, 0) is 43.2 Å². The van der Waals surface area contributed by atoms with E-state index in [1.165, 1.54) is 0 Å². The molecule has 2 aliphatic rings. The lowest BCUT2D eigenvalue weighted by Gasteiger charge is -2.22. The number of allylic oxidation sites excluding steroid dienone is 1. The summed E-state index contributed by atoms with van der Waals surface area (Å²) < 4.78 is 22.0. The second-order valence-electron chi connectivity index (χ2n) is 7.56. The molecular formula is C24H25NO7. The third-order valence-corrected chi connectivity index (χ3v) is 5.64. The predicted octanol–water partition coefficient (Wildman–Crippen LogP) is 2.68. The van der Waals surface area contributed by atoms with Gasteiger partial charge in [-0.3, -0.25) is 9.59 Å². The monoisotopic (exact) mass is 439 g/mol. The summed E-state index contributed by atoms with van der Waals surface area (Å²) in [6, 6.07) is 9.99. The summed E-state index contributed by atoms with van der Waals surface area (Å²) in [4.78, 5) is 26.8. The van der Waals surface area contributed by atoms with Gasteiger partial charge in [0.15, 0.2) is 12.4 Å². The minimum Gasteiger partial charge on any atom is -0.497 e. The number of ether oxygens (including phenoxy) is 4. The number of aliphatic hydroxyl groups is 1. The number of Topliss-reactive ketones (excluding diaryl/α,β-unsaturated/α-hetero) is 1. The van der Waals surface area contributed by atoms with E-state index in [1.54, 1.807) is 61.6 Å². The van der Waals surface area contributed by atoms with Gasteiger partial charge in [-0.2, -0.15) is 0 Å². The van der Waals surface area contributed by atoms with Gasteiger partial charge in [-0.25, -0.2) is 0 Å². The van der Waals surface area contributed by atoms with E-state index in [2.05, 4.69) is 0 Å². The van der Waals surface area contributed by atoms with Crippen LogP contribution in [0, 0.1) is 0 Å². The lowest BCUT2D eigenvalue weighted by Crippen LogP contribution is -2.40. The van der Waals surface area contributed by atoms with Crippen molar-refractivity contribution in [2.45, 2.75) is 18.9 Å². The molecular weight excluding hydrogens is 414 g/mol. The number of hydrogen-bond acceptors (Lipinski definition) is 7. The standard InChI is InChI=1S/C24H25NO7/c1-29-17-6-5-15(20(11-17)30-2)10-22-24(28)19-8-7-18(12-21(19)32-22)31-14-23(27)25-9-3-4-16(25)13-26/h5-8,10-12,16,26H,3-4,9,13-14H2,1-2H3. The Balaban J connectivity index is 1.47. The summed E-state index contributed by atoms with van der Waals surface area (Å²) in [5, 5.41) is 9.39. The number of likely N-dealkylation sites (tertiary alicyclic amines) is 1. The zero-order valence-corrected chi connectivity index (χ0v) is 18.0. The molecule has 0 saturated carbocycles. The Morgan fingerprint density at radius 1 is 1.19 bits per heavy atom. The largest absolute Gasteiger partial charge is 0.497 e. The van der Waals surface area contributed by atoms with Crippen LogP contribution in [0.25, 0.3) is 6.08 Å². The molecule has 2 aromatic carbocycles. The van der Waals surface area contributed by atoms with Gasteiger partial charge in [0.25, 0.3) is 5.91 Å². The van der Waals surface area contributed by atoms with Crippen molar-refractivity contribution in [1.82, 2.24) is 4.90 Å². The molecule has 0 bridgehead atoms. The summed E-state index contributed by atoms with van der Waals surface area (Å²) in [7, 11) is 3.11. The maximum Gasteiger partial charge on any atom is 0.260 e. The maximum absolute atomic E-state index is 12.8. The molecule has 168 valence electrons. The molecule has 8 nitrogen and oxygen atoms in total. The van der Waals surface area contributed by atoms with Crippen LogP contribution in [0.1, 0.15) is 28.8 Å². The Bertz CT molecular complexity index is 1060. The molecule has 8 heteroatoms. The Kier molecular flexibility index (Phi) is 6.32. The molecule has 4 rings (SSSR count). The number of aliphatic hydroxyl groups excluding tert-OH is 1. The fourth-order valence-corrected chi connectivity index (χ4v) is 3.92. The zero-order valence-electron chi connectivity index (χ0n) is 18.0. The van der Waals surface area contributed by atoms with E-state index in [0.29, 0.717) is 40.7 Å². The summed E-state index contributed by atoms with van der Waals surface area (Å²) in [5.41, 5.74) is 1.10. The molecule has 32 heavy (non-hydrogen) atoms. The Hall–Kier alpha value is -3.52. The van der Waals surface area contributed by atoms with Crippen molar-refractivity contribution in [3.63, 3.8) is 0 Å². The Morgan fingerprint density at radius 3 is 2.75 bits per heavy atom. The van der Waals surface area contributed by atoms with Crippen molar-refractivity contribution in [2.75, 3.05) is 34.0 Å². The summed E-state index contributed by atoms with van der Waals surface area (Å²) in [6.07, 6.45) is 3.29. The third-order valence-electron chi connectivity index (χ3n) is 5.64. The molecule has 1 amide bonds. The van der Waals surface area contributed by atoms with E-state index < -0.39 is 0 Å². The van der Waals surface area contributed by atoms with Crippen molar-refractivity contribution in [3.05, 3.63) is 53.3 Å². The number of ketones is 1. The maximum atomic E-state index is 12.8.